The normalized spacial score (nSPS) is 11.3. The molecule has 29 heavy (non-hydrogen) atoms. The lowest BCUT2D eigenvalue weighted by Gasteiger charge is -2.09. The number of hydrogen-bond donors (Lipinski definition) is 2. The van der Waals surface area contributed by atoms with Gasteiger partial charge in [0.25, 0.3) is 5.91 Å². The second-order valence-corrected chi connectivity index (χ2v) is 7.10. The van der Waals surface area contributed by atoms with Gasteiger partial charge in [0.1, 0.15) is 11.6 Å². The number of amides is 1. The number of rotatable bonds is 7. The van der Waals surface area contributed by atoms with Crippen LogP contribution in [0.4, 0.5) is 0 Å². The molecular formula is C22H19Cl2N3O2. The fourth-order valence-corrected chi connectivity index (χ4v) is 3.62. The number of H-pyrrole nitrogens is 1. The van der Waals surface area contributed by atoms with Gasteiger partial charge >= 0.3 is 0 Å². The molecular weight excluding hydrogens is 409 g/mol. The van der Waals surface area contributed by atoms with E-state index in [0.29, 0.717) is 40.9 Å². The monoisotopic (exact) mass is 427 g/mol. The van der Waals surface area contributed by atoms with Crippen molar-refractivity contribution in [3.63, 3.8) is 0 Å². The number of carbonyl (C=O) groups excluding carboxylic acids is 1. The molecule has 0 fully saturated rings. The number of para-hydroxylation sites is 1. The summed E-state index contributed by atoms with van der Waals surface area (Å²) in [5.41, 5.74) is 2.68. The molecule has 3 aromatic rings. The van der Waals surface area contributed by atoms with Crippen molar-refractivity contribution in [2.75, 3.05) is 13.2 Å². The van der Waals surface area contributed by atoms with Crippen molar-refractivity contribution in [1.29, 1.82) is 5.26 Å². The van der Waals surface area contributed by atoms with Crippen LogP contribution in [-0.4, -0.2) is 24.0 Å². The van der Waals surface area contributed by atoms with Crippen LogP contribution < -0.4 is 10.1 Å². The predicted octanol–water partition coefficient (Wildman–Crippen LogP) is 5.14. The molecule has 0 saturated carbocycles. The van der Waals surface area contributed by atoms with Gasteiger partial charge in [0, 0.05) is 23.6 Å². The van der Waals surface area contributed by atoms with Crippen LogP contribution in [-0.2, 0) is 11.2 Å². The summed E-state index contributed by atoms with van der Waals surface area (Å²) in [6, 6.07) is 13.1. The highest BCUT2D eigenvalue weighted by atomic mass is 35.5. The molecule has 0 bridgehead atoms. The molecule has 2 aromatic carbocycles. The van der Waals surface area contributed by atoms with Crippen LogP contribution in [0.1, 0.15) is 18.1 Å². The van der Waals surface area contributed by atoms with Gasteiger partial charge in [-0.1, -0.05) is 41.4 Å². The average Bonchev–Trinajstić information content (AvgIpc) is 3.12. The molecule has 2 N–H and O–H groups in total. The van der Waals surface area contributed by atoms with E-state index < -0.39 is 5.91 Å². The number of aromatic nitrogens is 1. The van der Waals surface area contributed by atoms with E-state index in [0.717, 1.165) is 16.5 Å². The Morgan fingerprint density at radius 3 is 2.69 bits per heavy atom. The van der Waals surface area contributed by atoms with Gasteiger partial charge in [0.2, 0.25) is 0 Å². The maximum Gasteiger partial charge on any atom is 0.261 e. The lowest BCUT2D eigenvalue weighted by molar-refractivity contribution is -0.117. The highest BCUT2D eigenvalue weighted by Gasteiger charge is 2.12. The van der Waals surface area contributed by atoms with Crippen LogP contribution in [0, 0.1) is 11.3 Å². The Bertz CT molecular complexity index is 1090. The SMILES string of the molecule is CCOc1c(Cl)cc(/C=C(/C#N)C(=O)NCCc2c[nH]c3ccccc23)cc1Cl. The number of nitrogens with zero attached hydrogens (tertiary/aromatic N) is 1. The van der Waals surface area contributed by atoms with Crippen molar-refractivity contribution >= 4 is 46.1 Å². The molecule has 1 amide bonds. The maximum absolute atomic E-state index is 12.4. The zero-order valence-corrected chi connectivity index (χ0v) is 17.3. The first kappa shape index (κ1) is 20.8. The number of benzene rings is 2. The standard InChI is InChI=1S/C22H19Cl2N3O2/c1-2-29-21-18(23)10-14(11-19(21)24)9-16(12-25)22(28)26-8-7-15-13-27-20-6-4-3-5-17(15)20/h3-6,9-11,13,27H,2,7-8H2,1H3,(H,26,28)/b16-9-. The summed E-state index contributed by atoms with van der Waals surface area (Å²) in [5, 5.41) is 13.9. The molecule has 148 valence electrons. The summed E-state index contributed by atoms with van der Waals surface area (Å²) in [6.45, 7) is 2.66. The van der Waals surface area contributed by atoms with Gasteiger partial charge in [-0.2, -0.15) is 5.26 Å². The van der Waals surface area contributed by atoms with Crippen molar-refractivity contribution in [3.8, 4) is 11.8 Å². The number of nitriles is 1. The molecule has 1 heterocycles. The van der Waals surface area contributed by atoms with Gasteiger partial charge in [-0.25, -0.2) is 0 Å². The molecule has 0 unspecified atom stereocenters. The molecule has 0 aliphatic rings. The fraction of sp³-hybridized carbons (Fsp3) is 0.182. The minimum atomic E-state index is -0.450. The van der Waals surface area contributed by atoms with Crippen LogP contribution in [0.3, 0.4) is 0 Å². The third-order valence-corrected chi connectivity index (χ3v) is 4.90. The van der Waals surface area contributed by atoms with E-state index in [-0.39, 0.29) is 5.57 Å². The number of hydrogen-bond acceptors (Lipinski definition) is 3. The van der Waals surface area contributed by atoms with Gasteiger partial charge in [-0.15, -0.1) is 0 Å². The third-order valence-electron chi connectivity index (χ3n) is 4.34. The smallest absolute Gasteiger partial charge is 0.261 e. The van der Waals surface area contributed by atoms with Crippen molar-refractivity contribution in [3.05, 3.63) is 69.3 Å². The Balaban J connectivity index is 1.68. The zero-order valence-electron chi connectivity index (χ0n) is 15.8. The number of ether oxygens (including phenoxy) is 1. The highest BCUT2D eigenvalue weighted by Crippen LogP contribution is 2.34. The number of nitrogens with one attached hydrogen (secondary N) is 2. The Morgan fingerprint density at radius 2 is 2.00 bits per heavy atom. The lowest BCUT2D eigenvalue weighted by atomic mass is 10.1. The summed E-state index contributed by atoms with van der Waals surface area (Å²) in [6.07, 6.45) is 4.03. The van der Waals surface area contributed by atoms with E-state index in [1.807, 2.05) is 43.5 Å². The fourth-order valence-electron chi connectivity index (χ4n) is 3.00. The quantitative estimate of drug-likeness (QED) is 0.404. The Labute approximate surface area is 178 Å². The molecule has 0 saturated heterocycles. The summed E-state index contributed by atoms with van der Waals surface area (Å²) in [4.78, 5) is 15.6. The maximum atomic E-state index is 12.4. The summed E-state index contributed by atoms with van der Waals surface area (Å²) in [7, 11) is 0. The van der Waals surface area contributed by atoms with E-state index in [2.05, 4.69) is 10.3 Å². The first-order valence-corrected chi connectivity index (χ1v) is 9.86. The number of fused-ring (bicyclic) bond motifs is 1. The van der Waals surface area contributed by atoms with Crippen LogP contribution in [0.15, 0.2) is 48.2 Å². The van der Waals surface area contributed by atoms with E-state index in [1.165, 1.54) is 6.08 Å². The summed E-state index contributed by atoms with van der Waals surface area (Å²) >= 11 is 12.4. The molecule has 0 atom stereocenters. The summed E-state index contributed by atoms with van der Waals surface area (Å²) < 4.78 is 5.39. The van der Waals surface area contributed by atoms with Crippen LogP contribution in [0.25, 0.3) is 17.0 Å². The predicted molar refractivity (Wildman–Crippen MR) is 116 cm³/mol. The second kappa shape index (κ2) is 9.51. The minimum Gasteiger partial charge on any atom is -0.491 e. The van der Waals surface area contributed by atoms with Gasteiger partial charge in [0.05, 0.1) is 16.7 Å². The Hall–Kier alpha value is -2.94. The summed E-state index contributed by atoms with van der Waals surface area (Å²) in [5.74, 6) is -0.0665. The lowest BCUT2D eigenvalue weighted by Crippen LogP contribution is -2.26. The van der Waals surface area contributed by atoms with Gasteiger partial charge in [0.15, 0.2) is 5.75 Å². The second-order valence-electron chi connectivity index (χ2n) is 6.28. The van der Waals surface area contributed by atoms with E-state index >= 15 is 0 Å². The molecule has 0 spiro atoms. The van der Waals surface area contributed by atoms with E-state index in [4.69, 9.17) is 27.9 Å². The number of aromatic amines is 1. The van der Waals surface area contributed by atoms with Crippen molar-refractivity contribution in [1.82, 2.24) is 10.3 Å². The van der Waals surface area contributed by atoms with Crippen LogP contribution in [0.2, 0.25) is 10.0 Å². The van der Waals surface area contributed by atoms with E-state index in [9.17, 15) is 10.1 Å². The van der Waals surface area contributed by atoms with E-state index in [1.54, 1.807) is 12.1 Å². The van der Waals surface area contributed by atoms with Gasteiger partial charge in [-0.3, -0.25) is 4.79 Å². The third kappa shape index (κ3) is 4.92. The molecule has 1 aromatic heterocycles. The van der Waals surface area contributed by atoms with Crippen LogP contribution in [0.5, 0.6) is 5.75 Å². The highest BCUT2D eigenvalue weighted by molar-refractivity contribution is 6.37. The van der Waals surface area contributed by atoms with Gasteiger partial charge < -0.3 is 15.0 Å². The molecule has 0 aliphatic heterocycles. The van der Waals surface area contributed by atoms with Crippen molar-refractivity contribution in [2.24, 2.45) is 0 Å². The van der Waals surface area contributed by atoms with Gasteiger partial charge in [-0.05, 0) is 48.7 Å². The molecule has 7 heteroatoms. The van der Waals surface area contributed by atoms with Crippen molar-refractivity contribution < 1.29 is 9.53 Å². The molecule has 5 nitrogen and oxygen atoms in total. The Morgan fingerprint density at radius 1 is 1.28 bits per heavy atom. The number of carbonyl (C=O) groups is 1. The topological polar surface area (TPSA) is 77.9 Å². The average molecular weight is 428 g/mol. The molecule has 0 aliphatic carbocycles. The zero-order chi connectivity index (χ0) is 20.8. The first-order chi connectivity index (χ1) is 14.0. The minimum absolute atomic E-state index is 0.0276. The first-order valence-electron chi connectivity index (χ1n) is 9.10. The van der Waals surface area contributed by atoms with Crippen molar-refractivity contribution in [2.45, 2.75) is 13.3 Å². The number of halogens is 2. The van der Waals surface area contributed by atoms with Crippen LogP contribution >= 0.6 is 23.2 Å². The molecule has 3 rings (SSSR count). The largest absolute Gasteiger partial charge is 0.491 e. The molecule has 0 radical (unpaired) electrons. The Kier molecular flexibility index (Phi) is 6.82.